The molecule has 0 saturated carbocycles. The van der Waals surface area contributed by atoms with Gasteiger partial charge in [-0.15, -0.1) is 0 Å². The number of nitrogens with zero attached hydrogens (tertiary/aromatic N) is 4. The Bertz CT molecular complexity index is 1650. The van der Waals surface area contributed by atoms with Crippen LogP contribution in [0.1, 0.15) is 29.8 Å². The van der Waals surface area contributed by atoms with Crippen molar-refractivity contribution in [3.05, 3.63) is 83.9 Å². The third-order valence-corrected chi connectivity index (χ3v) is 9.79. The number of fused-ring (bicyclic) bond motifs is 1. The summed E-state index contributed by atoms with van der Waals surface area (Å²) in [6.07, 6.45) is -0.445. The zero-order chi connectivity index (χ0) is 29.7. The molecule has 0 radical (unpaired) electrons. The summed E-state index contributed by atoms with van der Waals surface area (Å²) in [5, 5.41) is 0.516. The number of piperazine rings is 1. The molecule has 10 nitrogen and oxygen atoms in total. The lowest BCUT2D eigenvalue weighted by molar-refractivity contribution is 0.0933. The molecule has 0 unspecified atom stereocenters. The van der Waals surface area contributed by atoms with Crippen LogP contribution in [0.15, 0.2) is 77.7 Å². The molecule has 1 aliphatic rings. The number of aromatic nitrogens is 1. The first-order valence-electron chi connectivity index (χ1n) is 13.7. The number of carbonyl (C=O) groups is 2. The van der Waals surface area contributed by atoms with Gasteiger partial charge in [-0.05, 0) is 55.8 Å². The predicted octanol–water partition coefficient (Wildman–Crippen LogP) is 5.00. The molecule has 5 rings (SSSR count). The fourth-order valence-electron chi connectivity index (χ4n) is 4.69. The Balaban J connectivity index is 1.39. The van der Waals surface area contributed by atoms with Gasteiger partial charge in [0.25, 0.3) is 5.91 Å². The molecule has 2 heterocycles. The highest BCUT2D eigenvalue weighted by Crippen LogP contribution is 2.35. The Morgan fingerprint density at radius 3 is 2.29 bits per heavy atom. The minimum Gasteiger partial charge on any atom is -0.492 e. The zero-order valence-electron chi connectivity index (χ0n) is 23.4. The lowest BCUT2D eigenvalue weighted by atomic mass is 10.1. The second-order valence-corrected chi connectivity index (χ2v) is 12.5. The van der Waals surface area contributed by atoms with E-state index in [9.17, 15) is 18.0 Å². The highest BCUT2D eigenvalue weighted by Gasteiger charge is 2.31. The largest absolute Gasteiger partial charge is 0.492 e. The number of rotatable bonds is 9. The fourth-order valence-corrected chi connectivity index (χ4v) is 7.09. The summed E-state index contributed by atoms with van der Waals surface area (Å²) in [5.74, 6) is 0.352. The third kappa shape index (κ3) is 6.25. The summed E-state index contributed by atoms with van der Waals surface area (Å²) in [7, 11) is -3.81. The Morgan fingerprint density at radius 2 is 1.62 bits per heavy atom. The number of hydrogen-bond acceptors (Lipinski definition) is 8. The monoisotopic (exact) mass is 608 g/mol. The highest BCUT2D eigenvalue weighted by atomic mass is 32.2. The van der Waals surface area contributed by atoms with E-state index in [1.54, 1.807) is 11.8 Å². The molecule has 3 aromatic carbocycles. The molecular formula is C30H32N4O6S2. The van der Waals surface area contributed by atoms with Gasteiger partial charge in [0.15, 0.2) is 5.13 Å². The number of thiazole rings is 1. The standard InChI is InChI=1S/C30H32N4O6S2/c1-3-39-25-11-8-12-26-27(25)31-29(41-26)34(21-22-9-6-5-7-10-22)28(35)23-13-15-24(16-14-23)42(37,38)33-19-17-32(18-20-33)30(36)40-4-2/h5-16H,3-4,17-21H2,1-2H3. The molecule has 1 aliphatic heterocycles. The van der Waals surface area contributed by atoms with Crippen LogP contribution in [0.4, 0.5) is 9.93 Å². The van der Waals surface area contributed by atoms with Crippen molar-refractivity contribution in [2.24, 2.45) is 0 Å². The number of benzene rings is 3. The maximum Gasteiger partial charge on any atom is 0.409 e. The molecule has 0 atom stereocenters. The fraction of sp³-hybridized carbons (Fsp3) is 0.300. The maximum absolute atomic E-state index is 13.9. The van der Waals surface area contributed by atoms with Crippen LogP contribution in [0, 0.1) is 0 Å². The van der Waals surface area contributed by atoms with Crippen molar-refractivity contribution in [1.29, 1.82) is 0 Å². The average Bonchev–Trinajstić information content (AvgIpc) is 3.46. The van der Waals surface area contributed by atoms with Gasteiger partial charge in [0.05, 0.1) is 29.4 Å². The Labute approximate surface area is 249 Å². The molecule has 42 heavy (non-hydrogen) atoms. The minimum absolute atomic E-state index is 0.0830. The summed E-state index contributed by atoms with van der Waals surface area (Å²) in [6, 6.07) is 21.3. The molecule has 1 saturated heterocycles. The van der Waals surface area contributed by atoms with Crippen LogP contribution in [-0.4, -0.2) is 74.0 Å². The smallest absolute Gasteiger partial charge is 0.409 e. The molecule has 2 amide bonds. The summed E-state index contributed by atoms with van der Waals surface area (Å²) < 4.78 is 39.7. The van der Waals surface area contributed by atoms with Crippen LogP contribution in [0.5, 0.6) is 5.75 Å². The lowest BCUT2D eigenvalue weighted by Gasteiger charge is -2.33. The molecule has 0 spiro atoms. The number of amides is 2. The normalized spacial score (nSPS) is 14.1. The summed E-state index contributed by atoms with van der Waals surface area (Å²) >= 11 is 1.39. The van der Waals surface area contributed by atoms with Gasteiger partial charge in [0, 0.05) is 31.7 Å². The van der Waals surface area contributed by atoms with Crippen molar-refractivity contribution in [1.82, 2.24) is 14.2 Å². The second kappa shape index (κ2) is 12.9. The summed E-state index contributed by atoms with van der Waals surface area (Å²) in [4.78, 5) is 33.9. The highest BCUT2D eigenvalue weighted by molar-refractivity contribution is 7.89. The molecule has 0 bridgehead atoms. The Hall–Kier alpha value is -4.00. The first-order chi connectivity index (χ1) is 20.3. The number of carbonyl (C=O) groups excluding carboxylic acids is 2. The maximum atomic E-state index is 13.9. The van der Waals surface area contributed by atoms with E-state index in [0.717, 1.165) is 10.3 Å². The van der Waals surface area contributed by atoms with Crippen molar-refractivity contribution in [2.45, 2.75) is 25.3 Å². The van der Waals surface area contributed by atoms with E-state index in [4.69, 9.17) is 14.5 Å². The van der Waals surface area contributed by atoms with Crippen LogP contribution >= 0.6 is 11.3 Å². The van der Waals surface area contributed by atoms with Crippen molar-refractivity contribution < 1.29 is 27.5 Å². The SMILES string of the molecule is CCOC(=O)N1CCN(S(=O)(=O)c2ccc(C(=O)N(Cc3ccccc3)c3nc4c(OCC)cccc4s3)cc2)CC1. The third-order valence-electron chi connectivity index (χ3n) is 6.83. The summed E-state index contributed by atoms with van der Waals surface area (Å²) in [6.45, 7) is 5.49. The van der Waals surface area contributed by atoms with Crippen molar-refractivity contribution in [3.8, 4) is 5.75 Å². The van der Waals surface area contributed by atoms with Crippen molar-refractivity contribution in [2.75, 3.05) is 44.3 Å². The van der Waals surface area contributed by atoms with Gasteiger partial charge in [-0.2, -0.15) is 4.31 Å². The topological polar surface area (TPSA) is 109 Å². The minimum atomic E-state index is -3.81. The predicted molar refractivity (Wildman–Crippen MR) is 162 cm³/mol. The number of anilines is 1. The van der Waals surface area contributed by atoms with E-state index in [1.807, 2.05) is 55.5 Å². The van der Waals surface area contributed by atoms with Crippen LogP contribution in [0.25, 0.3) is 10.2 Å². The van der Waals surface area contributed by atoms with E-state index in [1.165, 1.54) is 44.8 Å². The van der Waals surface area contributed by atoms with Gasteiger partial charge in [-0.25, -0.2) is 18.2 Å². The Kier molecular flexibility index (Phi) is 9.05. The number of ether oxygens (including phenoxy) is 2. The number of para-hydroxylation sites is 1. The average molecular weight is 609 g/mol. The van der Waals surface area contributed by atoms with Crippen LogP contribution < -0.4 is 9.64 Å². The lowest BCUT2D eigenvalue weighted by Crippen LogP contribution is -2.50. The van der Waals surface area contributed by atoms with E-state index in [0.29, 0.717) is 28.6 Å². The molecule has 12 heteroatoms. The van der Waals surface area contributed by atoms with Gasteiger partial charge in [0.1, 0.15) is 11.3 Å². The quantitative estimate of drug-likeness (QED) is 0.263. The van der Waals surface area contributed by atoms with Gasteiger partial charge in [0.2, 0.25) is 10.0 Å². The molecule has 0 aliphatic carbocycles. The van der Waals surface area contributed by atoms with E-state index in [2.05, 4.69) is 0 Å². The van der Waals surface area contributed by atoms with Crippen molar-refractivity contribution >= 4 is 48.7 Å². The molecule has 1 aromatic heterocycles. The van der Waals surface area contributed by atoms with Crippen molar-refractivity contribution in [3.63, 3.8) is 0 Å². The van der Waals surface area contributed by atoms with Gasteiger partial charge in [-0.3, -0.25) is 9.69 Å². The van der Waals surface area contributed by atoms with Crippen LogP contribution in [-0.2, 0) is 21.3 Å². The second-order valence-electron chi connectivity index (χ2n) is 9.52. The van der Waals surface area contributed by atoms with Crippen LogP contribution in [0.3, 0.4) is 0 Å². The first kappa shape index (κ1) is 29.5. The number of hydrogen-bond donors (Lipinski definition) is 0. The first-order valence-corrected chi connectivity index (χ1v) is 16.0. The molecular weight excluding hydrogens is 576 g/mol. The van der Waals surface area contributed by atoms with Gasteiger partial charge >= 0.3 is 6.09 Å². The van der Waals surface area contributed by atoms with E-state index >= 15 is 0 Å². The molecule has 0 N–H and O–H groups in total. The molecule has 220 valence electrons. The van der Waals surface area contributed by atoms with Crippen LogP contribution in [0.2, 0.25) is 0 Å². The van der Waals surface area contributed by atoms with E-state index < -0.39 is 16.1 Å². The summed E-state index contributed by atoms with van der Waals surface area (Å²) in [5.41, 5.74) is 1.95. The number of sulfonamides is 1. The van der Waals surface area contributed by atoms with E-state index in [-0.39, 0.29) is 50.1 Å². The molecule has 4 aromatic rings. The molecule has 1 fully saturated rings. The van der Waals surface area contributed by atoms with Gasteiger partial charge in [-0.1, -0.05) is 47.7 Å². The Morgan fingerprint density at radius 1 is 0.905 bits per heavy atom. The zero-order valence-corrected chi connectivity index (χ0v) is 25.1. The van der Waals surface area contributed by atoms with Gasteiger partial charge < -0.3 is 14.4 Å².